The highest BCUT2D eigenvalue weighted by Crippen LogP contribution is 2.32. The highest BCUT2D eigenvalue weighted by Gasteiger charge is 2.27. The van der Waals surface area contributed by atoms with Crippen molar-refractivity contribution in [1.29, 1.82) is 0 Å². The van der Waals surface area contributed by atoms with Crippen LogP contribution in [0.2, 0.25) is 5.15 Å². The Morgan fingerprint density at radius 1 is 1.00 bits per heavy atom. The van der Waals surface area contributed by atoms with Crippen molar-refractivity contribution in [2.45, 2.75) is 75.5 Å². The molecule has 3 aromatic rings. The number of H-pyrrole nitrogens is 1. The number of hydrogen-bond acceptors (Lipinski definition) is 5. The number of fused-ring (bicyclic) bond motifs is 1. The lowest BCUT2D eigenvalue weighted by molar-refractivity contribution is 0.182. The molecule has 5 N–H and O–H groups in total. The van der Waals surface area contributed by atoms with E-state index in [-0.39, 0.29) is 6.04 Å². The lowest BCUT2D eigenvalue weighted by atomic mass is 9.87. The van der Waals surface area contributed by atoms with Crippen LogP contribution < -0.4 is 16.0 Å². The van der Waals surface area contributed by atoms with Crippen LogP contribution in [-0.4, -0.2) is 50.3 Å². The second kappa shape index (κ2) is 10.2. The maximum atomic E-state index is 10.8. The van der Waals surface area contributed by atoms with Gasteiger partial charge < -0.3 is 26.0 Å². The predicted octanol–water partition coefficient (Wildman–Crippen LogP) is 5.17. The van der Waals surface area contributed by atoms with Crippen molar-refractivity contribution in [1.82, 2.24) is 25.6 Å². The number of amides is 1. The van der Waals surface area contributed by atoms with Crippen molar-refractivity contribution in [3.05, 3.63) is 41.8 Å². The first-order valence-electron chi connectivity index (χ1n) is 12.2. The van der Waals surface area contributed by atoms with E-state index >= 15 is 0 Å². The van der Waals surface area contributed by atoms with Crippen LogP contribution in [0.1, 0.15) is 51.4 Å². The maximum Gasteiger partial charge on any atom is 0.404 e. The molecule has 0 aromatic carbocycles. The molecular weight excluding hydrogens is 452 g/mol. The van der Waals surface area contributed by atoms with E-state index < -0.39 is 6.09 Å². The first-order chi connectivity index (χ1) is 16.5. The van der Waals surface area contributed by atoms with E-state index in [1.165, 1.54) is 0 Å². The normalized spacial score (nSPS) is 25.2. The molecule has 2 saturated carbocycles. The fourth-order valence-corrected chi connectivity index (χ4v) is 5.66. The number of carboxylic acid groups (broad SMARTS) is 1. The summed E-state index contributed by atoms with van der Waals surface area (Å²) < 4.78 is 0. The summed E-state index contributed by atoms with van der Waals surface area (Å²) in [5.74, 6) is 0.807. The number of nitrogens with zero attached hydrogens (tertiary/aromatic N) is 2. The van der Waals surface area contributed by atoms with Crippen LogP contribution in [0.5, 0.6) is 0 Å². The number of aromatic amines is 1. The fourth-order valence-electron chi connectivity index (χ4n) is 5.45. The van der Waals surface area contributed by atoms with Gasteiger partial charge in [0.1, 0.15) is 16.6 Å². The quantitative estimate of drug-likeness (QED) is 0.309. The number of anilines is 1. The van der Waals surface area contributed by atoms with Crippen LogP contribution in [0.15, 0.2) is 36.7 Å². The Balaban J connectivity index is 1.15. The minimum absolute atomic E-state index is 0.103. The van der Waals surface area contributed by atoms with Crippen molar-refractivity contribution in [3.8, 4) is 11.1 Å². The number of nitrogens with one attached hydrogen (secondary N) is 4. The highest BCUT2D eigenvalue weighted by atomic mass is 35.5. The molecule has 34 heavy (non-hydrogen) atoms. The molecule has 180 valence electrons. The van der Waals surface area contributed by atoms with Gasteiger partial charge in [-0.1, -0.05) is 11.6 Å². The van der Waals surface area contributed by atoms with E-state index in [0.29, 0.717) is 23.3 Å². The Bertz CT molecular complexity index is 1140. The Morgan fingerprint density at radius 3 is 2.38 bits per heavy atom. The van der Waals surface area contributed by atoms with Gasteiger partial charge in [-0.3, -0.25) is 0 Å². The van der Waals surface area contributed by atoms with Crippen molar-refractivity contribution in [3.63, 3.8) is 0 Å². The second-order valence-electron chi connectivity index (χ2n) is 9.52. The largest absolute Gasteiger partial charge is 0.465 e. The molecule has 1 amide bonds. The average Bonchev–Trinajstić information content (AvgIpc) is 3.25. The van der Waals surface area contributed by atoms with Gasteiger partial charge in [0.25, 0.3) is 0 Å². The summed E-state index contributed by atoms with van der Waals surface area (Å²) in [7, 11) is 0. The Kier molecular flexibility index (Phi) is 6.87. The number of hydrogen-bond donors (Lipinski definition) is 5. The van der Waals surface area contributed by atoms with Crippen LogP contribution in [0.4, 0.5) is 10.6 Å². The third-order valence-electron chi connectivity index (χ3n) is 7.16. The van der Waals surface area contributed by atoms with Gasteiger partial charge in [-0.2, -0.15) is 0 Å². The lowest BCUT2D eigenvalue weighted by Gasteiger charge is -2.35. The SMILES string of the molecule is O=C(O)NC1CCC(N[C@H]2CC[C@H](Nc3cc(-c4c[nH]c5ncccc45)cc(Cl)n3)CC2)CC1. The number of carbonyl (C=O) groups is 1. The molecular formula is C25H31ClN6O2. The van der Waals surface area contributed by atoms with Gasteiger partial charge in [0, 0.05) is 47.5 Å². The lowest BCUT2D eigenvalue weighted by Crippen LogP contribution is -2.46. The van der Waals surface area contributed by atoms with Gasteiger partial charge in [0.2, 0.25) is 0 Å². The molecule has 0 saturated heterocycles. The monoisotopic (exact) mass is 482 g/mol. The van der Waals surface area contributed by atoms with E-state index in [2.05, 4.69) is 43.0 Å². The van der Waals surface area contributed by atoms with Crippen LogP contribution in [0, 0.1) is 0 Å². The Morgan fingerprint density at radius 2 is 1.68 bits per heavy atom. The molecule has 9 heteroatoms. The third kappa shape index (κ3) is 5.45. The summed E-state index contributed by atoms with van der Waals surface area (Å²) in [6.07, 6.45) is 11.1. The van der Waals surface area contributed by atoms with Crippen LogP contribution in [0.25, 0.3) is 22.2 Å². The second-order valence-corrected chi connectivity index (χ2v) is 9.91. The molecule has 0 atom stereocenters. The summed E-state index contributed by atoms with van der Waals surface area (Å²) in [5.41, 5.74) is 2.94. The van der Waals surface area contributed by atoms with E-state index in [0.717, 1.165) is 79.3 Å². The predicted molar refractivity (Wildman–Crippen MR) is 134 cm³/mol. The maximum absolute atomic E-state index is 10.8. The molecule has 5 rings (SSSR count). The molecule has 0 aliphatic heterocycles. The summed E-state index contributed by atoms with van der Waals surface area (Å²) in [6.45, 7) is 0. The third-order valence-corrected chi connectivity index (χ3v) is 7.36. The fraction of sp³-hybridized carbons (Fsp3) is 0.480. The zero-order valence-corrected chi connectivity index (χ0v) is 19.8. The smallest absolute Gasteiger partial charge is 0.404 e. The Labute approximate surface area is 203 Å². The molecule has 0 spiro atoms. The first kappa shape index (κ1) is 22.9. The molecule has 0 radical (unpaired) electrons. The van der Waals surface area contributed by atoms with Crippen molar-refractivity contribution in [2.24, 2.45) is 0 Å². The van der Waals surface area contributed by atoms with Gasteiger partial charge >= 0.3 is 6.09 Å². The van der Waals surface area contributed by atoms with Gasteiger partial charge in [-0.15, -0.1) is 0 Å². The molecule has 8 nitrogen and oxygen atoms in total. The summed E-state index contributed by atoms with van der Waals surface area (Å²) in [6, 6.07) is 9.44. The van der Waals surface area contributed by atoms with E-state index in [9.17, 15) is 4.79 Å². The van der Waals surface area contributed by atoms with Crippen molar-refractivity contribution >= 4 is 34.5 Å². The zero-order chi connectivity index (χ0) is 23.5. The molecule has 0 unspecified atom stereocenters. The number of aromatic nitrogens is 3. The van der Waals surface area contributed by atoms with Crippen LogP contribution in [-0.2, 0) is 0 Å². The molecule has 2 aliphatic carbocycles. The van der Waals surface area contributed by atoms with E-state index in [1.807, 2.05) is 18.3 Å². The topological polar surface area (TPSA) is 115 Å². The first-order valence-corrected chi connectivity index (χ1v) is 12.5. The van der Waals surface area contributed by atoms with E-state index in [4.69, 9.17) is 16.7 Å². The van der Waals surface area contributed by atoms with Crippen molar-refractivity contribution in [2.75, 3.05) is 5.32 Å². The summed E-state index contributed by atoms with van der Waals surface area (Å²) in [4.78, 5) is 23.0. The van der Waals surface area contributed by atoms with Gasteiger partial charge in [0.15, 0.2) is 0 Å². The summed E-state index contributed by atoms with van der Waals surface area (Å²) in [5, 5.41) is 20.5. The van der Waals surface area contributed by atoms with Crippen LogP contribution in [0.3, 0.4) is 0 Å². The zero-order valence-electron chi connectivity index (χ0n) is 19.1. The number of pyridine rings is 2. The van der Waals surface area contributed by atoms with Gasteiger partial charge in [0.05, 0.1) is 0 Å². The molecule has 3 heterocycles. The minimum Gasteiger partial charge on any atom is -0.465 e. The van der Waals surface area contributed by atoms with E-state index in [1.54, 1.807) is 6.20 Å². The minimum atomic E-state index is -0.915. The molecule has 2 fully saturated rings. The van der Waals surface area contributed by atoms with Crippen LogP contribution >= 0.6 is 11.6 Å². The standard InChI is InChI=1S/C25H31ClN6O2/c26-22-12-15(21-14-28-24-20(21)2-1-11-27-24)13-23(32-22)30-18-7-3-16(4-8-18)29-17-5-9-19(10-6-17)31-25(33)34/h1-2,11-14,16-19,29,31H,3-10H2,(H,27,28)(H,30,32)(H,33,34)/t16-,17?,18-,19?. The molecule has 3 aromatic heterocycles. The Hall–Kier alpha value is -2.84. The van der Waals surface area contributed by atoms with Crippen molar-refractivity contribution < 1.29 is 9.90 Å². The number of halogens is 1. The summed E-state index contributed by atoms with van der Waals surface area (Å²) >= 11 is 6.38. The highest BCUT2D eigenvalue weighted by molar-refractivity contribution is 6.29. The number of rotatable bonds is 6. The van der Waals surface area contributed by atoms with Gasteiger partial charge in [-0.25, -0.2) is 14.8 Å². The molecule has 2 aliphatic rings. The molecule has 0 bridgehead atoms. The average molecular weight is 483 g/mol. The van der Waals surface area contributed by atoms with Gasteiger partial charge in [-0.05, 0) is 81.2 Å².